The van der Waals surface area contributed by atoms with Crippen molar-refractivity contribution in [1.29, 1.82) is 0 Å². The Morgan fingerprint density at radius 3 is 2.07 bits per heavy atom. The molecule has 3 heteroatoms. The fourth-order valence-electron chi connectivity index (χ4n) is 3.64. The highest BCUT2D eigenvalue weighted by Crippen LogP contribution is 2.63. The number of epoxide rings is 1. The van der Waals surface area contributed by atoms with Crippen LogP contribution < -0.4 is 17.0 Å². The standard InChI is InChI=1S/C11H18O2.BrH/c1-11(2)7-4-6(12-3)5-8(11)10-9(7)13-10;/h6-10H,4-5H2,1-3H3;1H/p-1. The van der Waals surface area contributed by atoms with Gasteiger partial charge >= 0.3 is 0 Å². The van der Waals surface area contributed by atoms with Crippen molar-refractivity contribution in [2.75, 3.05) is 7.11 Å². The minimum absolute atomic E-state index is 0. The van der Waals surface area contributed by atoms with Crippen LogP contribution in [0, 0.1) is 17.3 Å². The molecule has 2 nitrogen and oxygen atoms in total. The average Bonchev–Trinajstić information content (AvgIpc) is 2.77. The van der Waals surface area contributed by atoms with Crippen molar-refractivity contribution in [1.82, 2.24) is 0 Å². The molecule has 2 saturated carbocycles. The SMILES string of the molecule is COC1CC2C3OC3C(C1)C2(C)C.[Br-]. The summed E-state index contributed by atoms with van der Waals surface area (Å²) in [4.78, 5) is 0. The van der Waals surface area contributed by atoms with Gasteiger partial charge in [-0.15, -0.1) is 0 Å². The van der Waals surface area contributed by atoms with Crippen LogP contribution in [0.25, 0.3) is 0 Å². The smallest absolute Gasteiger partial charge is 0.0879 e. The lowest BCUT2D eigenvalue weighted by atomic mass is 9.66. The van der Waals surface area contributed by atoms with Gasteiger partial charge < -0.3 is 26.5 Å². The highest BCUT2D eigenvalue weighted by molar-refractivity contribution is 5.15. The molecule has 0 radical (unpaired) electrons. The number of fused-ring (bicyclic) bond motifs is 5. The Kier molecular flexibility index (Phi) is 2.49. The first-order chi connectivity index (χ1) is 6.14. The summed E-state index contributed by atoms with van der Waals surface area (Å²) in [7, 11) is 1.84. The number of halogens is 1. The van der Waals surface area contributed by atoms with E-state index in [0.717, 1.165) is 11.8 Å². The van der Waals surface area contributed by atoms with Gasteiger partial charge in [0.2, 0.25) is 0 Å². The van der Waals surface area contributed by atoms with E-state index in [2.05, 4.69) is 13.8 Å². The van der Waals surface area contributed by atoms with Gasteiger partial charge in [0, 0.05) is 7.11 Å². The minimum Gasteiger partial charge on any atom is -1.00 e. The molecular weight excluding hydrogens is 244 g/mol. The maximum atomic E-state index is 5.69. The molecule has 0 aromatic heterocycles. The van der Waals surface area contributed by atoms with Crippen LogP contribution in [0.1, 0.15) is 26.7 Å². The van der Waals surface area contributed by atoms with E-state index in [-0.39, 0.29) is 17.0 Å². The van der Waals surface area contributed by atoms with Crippen LogP contribution in [0.2, 0.25) is 0 Å². The zero-order chi connectivity index (χ0) is 9.22. The Hall–Kier alpha value is 0.400. The molecule has 0 spiro atoms. The molecule has 0 aromatic carbocycles. The number of ether oxygens (including phenoxy) is 2. The van der Waals surface area contributed by atoms with E-state index >= 15 is 0 Å². The van der Waals surface area contributed by atoms with E-state index in [1.165, 1.54) is 12.8 Å². The van der Waals surface area contributed by atoms with Gasteiger partial charge in [0.1, 0.15) is 0 Å². The summed E-state index contributed by atoms with van der Waals surface area (Å²) in [6.45, 7) is 4.81. The third-order valence-electron chi connectivity index (χ3n) is 4.63. The summed E-state index contributed by atoms with van der Waals surface area (Å²) in [6.07, 6.45) is 4.09. The van der Waals surface area contributed by atoms with Gasteiger partial charge in [0.15, 0.2) is 0 Å². The van der Waals surface area contributed by atoms with E-state index < -0.39 is 0 Å². The molecule has 0 aromatic rings. The molecular formula is C11H18BrO2-. The molecule has 14 heavy (non-hydrogen) atoms. The van der Waals surface area contributed by atoms with E-state index in [1.54, 1.807) is 0 Å². The molecule has 1 saturated heterocycles. The van der Waals surface area contributed by atoms with Crippen molar-refractivity contribution < 1.29 is 26.5 Å². The molecule has 4 unspecified atom stereocenters. The highest BCUT2D eigenvalue weighted by atomic mass is 79.9. The molecule has 3 aliphatic rings. The maximum Gasteiger partial charge on any atom is 0.0879 e. The van der Waals surface area contributed by atoms with Crippen molar-refractivity contribution in [3.05, 3.63) is 0 Å². The summed E-state index contributed by atoms with van der Waals surface area (Å²) >= 11 is 0. The fourth-order valence-corrected chi connectivity index (χ4v) is 3.64. The van der Waals surface area contributed by atoms with Crippen LogP contribution in [0.4, 0.5) is 0 Å². The van der Waals surface area contributed by atoms with E-state index in [0.29, 0.717) is 23.7 Å². The maximum absolute atomic E-state index is 5.69. The first-order valence-electron chi connectivity index (χ1n) is 5.33. The van der Waals surface area contributed by atoms with Crippen LogP contribution in [0.15, 0.2) is 0 Å². The second kappa shape index (κ2) is 3.19. The Labute approximate surface area is 96.1 Å². The van der Waals surface area contributed by atoms with Crippen LogP contribution >= 0.6 is 0 Å². The lowest BCUT2D eigenvalue weighted by molar-refractivity contribution is -0.0511. The van der Waals surface area contributed by atoms with Crippen LogP contribution in [-0.2, 0) is 9.47 Å². The third kappa shape index (κ3) is 1.22. The number of rotatable bonds is 1. The minimum atomic E-state index is 0. The summed E-state index contributed by atoms with van der Waals surface area (Å²) in [5.41, 5.74) is 0.503. The second-order valence-electron chi connectivity index (χ2n) is 5.43. The molecule has 4 atom stereocenters. The molecule has 3 fully saturated rings. The molecule has 0 N–H and O–H groups in total. The number of methoxy groups -OCH3 is 1. The topological polar surface area (TPSA) is 21.8 Å². The quantitative estimate of drug-likeness (QED) is 0.556. The molecule has 2 aliphatic carbocycles. The van der Waals surface area contributed by atoms with Gasteiger partial charge in [0.05, 0.1) is 18.3 Å². The monoisotopic (exact) mass is 261 g/mol. The summed E-state index contributed by atoms with van der Waals surface area (Å²) in [5, 5.41) is 0. The van der Waals surface area contributed by atoms with E-state index in [9.17, 15) is 0 Å². The number of hydrogen-bond acceptors (Lipinski definition) is 2. The van der Waals surface area contributed by atoms with Gasteiger partial charge in [-0.05, 0) is 30.1 Å². The lowest BCUT2D eigenvalue weighted by Crippen LogP contribution is -3.00. The van der Waals surface area contributed by atoms with Crippen molar-refractivity contribution in [3.8, 4) is 0 Å². The van der Waals surface area contributed by atoms with Gasteiger partial charge in [-0.2, -0.15) is 0 Å². The predicted molar refractivity (Wildman–Crippen MR) is 49.5 cm³/mol. The highest BCUT2D eigenvalue weighted by Gasteiger charge is 2.67. The Morgan fingerprint density at radius 2 is 1.64 bits per heavy atom. The zero-order valence-electron chi connectivity index (χ0n) is 9.00. The van der Waals surface area contributed by atoms with Crippen molar-refractivity contribution in [2.45, 2.75) is 45.0 Å². The van der Waals surface area contributed by atoms with Gasteiger partial charge in [-0.1, -0.05) is 13.8 Å². The number of hydrogen-bond donors (Lipinski definition) is 0. The van der Waals surface area contributed by atoms with Gasteiger partial charge in [0.25, 0.3) is 0 Å². The Bertz CT molecular complexity index is 221. The van der Waals surface area contributed by atoms with Gasteiger partial charge in [-0.3, -0.25) is 0 Å². The molecule has 1 heterocycles. The zero-order valence-corrected chi connectivity index (χ0v) is 10.6. The molecule has 82 valence electrons. The van der Waals surface area contributed by atoms with E-state index in [1.807, 2.05) is 7.11 Å². The third-order valence-corrected chi connectivity index (χ3v) is 4.63. The normalized spacial score (nSPS) is 52.1. The first kappa shape index (κ1) is 10.9. The van der Waals surface area contributed by atoms with E-state index in [4.69, 9.17) is 9.47 Å². The molecule has 2 bridgehead atoms. The predicted octanol–water partition coefficient (Wildman–Crippen LogP) is -1.16. The second-order valence-corrected chi connectivity index (χ2v) is 5.43. The van der Waals surface area contributed by atoms with Crippen molar-refractivity contribution >= 4 is 0 Å². The summed E-state index contributed by atoms with van der Waals surface area (Å²) in [5.74, 6) is 1.50. The average molecular weight is 262 g/mol. The summed E-state index contributed by atoms with van der Waals surface area (Å²) < 4.78 is 11.2. The molecule has 1 aliphatic heterocycles. The van der Waals surface area contributed by atoms with Crippen LogP contribution in [0.3, 0.4) is 0 Å². The Morgan fingerprint density at radius 1 is 1.14 bits per heavy atom. The fraction of sp³-hybridized carbons (Fsp3) is 1.00. The van der Waals surface area contributed by atoms with Crippen molar-refractivity contribution in [3.63, 3.8) is 0 Å². The lowest BCUT2D eigenvalue weighted by Gasteiger charge is -2.43. The van der Waals surface area contributed by atoms with Crippen LogP contribution in [-0.4, -0.2) is 25.4 Å². The molecule has 3 rings (SSSR count). The first-order valence-corrected chi connectivity index (χ1v) is 5.33. The van der Waals surface area contributed by atoms with Gasteiger partial charge in [-0.25, -0.2) is 0 Å². The Balaban J connectivity index is 0.000000750. The summed E-state index contributed by atoms with van der Waals surface area (Å²) in [6, 6.07) is 0. The largest absolute Gasteiger partial charge is 1.00 e. The van der Waals surface area contributed by atoms with Crippen LogP contribution in [0.5, 0.6) is 0 Å². The molecule has 0 amide bonds. The van der Waals surface area contributed by atoms with Crippen molar-refractivity contribution in [2.24, 2.45) is 17.3 Å².